The Balaban J connectivity index is 1.43. The van der Waals surface area contributed by atoms with Crippen LogP contribution in [0.2, 0.25) is 0 Å². The van der Waals surface area contributed by atoms with E-state index in [1.165, 1.54) is 16.7 Å². The molecule has 4 rings (SSSR count). The summed E-state index contributed by atoms with van der Waals surface area (Å²) < 4.78 is 0. The maximum atomic E-state index is 13.0. The van der Waals surface area contributed by atoms with E-state index in [1.54, 1.807) is 29.2 Å². The second kappa shape index (κ2) is 7.87. The summed E-state index contributed by atoms with van der Waals surface area (Å²) in [4.78, 5) is 29.8. The van der Waals surface area contributed by atoms with E-state index in [0.717, 1.165) is 18.7 Å². The normalized spacial score (nSPS) is 22.3. The third-order valence-corrected chi connectivity index (χ3v) is 5.94. The molecule has 0 radical (unpaired) electrons. The highest BCUT2D eigenvalue weighted by Crippen LogP contribution is 2.21. The molecule has 0 unspecified atom stereocenters. The van der Waals surface area contributed by atoms with E-state index in [1.807, 2.05) is 0 Å². The van der Waals surface area contributed by atoms with Gasteiger partial charge in [0, 0.05) is 32.6 Å². The molecule has 29 heavy (non-hydrogen) atoms. The van der Waals surface area contributed by atoms with Crippen LogP contribution >= 0.6 is 0 Å². The number of phenols is 1. The number of rotatable bonds is 4. The number of phenolic OH excluding ortho intramolecular Hbond substituents is 1. The number of carbonyl (C=O) groups excluding carboxylic acids is 2. The molecule has 0 aromatic heterocycles. The first kappa shape index (κ1) is 19.5. The minimum absolute atomic E-state index is 0.0194. The average molecular weight is 393 g/mol. The summed E-state index contributed by atoms with van der Waals surface area (Å²) in [6, 6.07) is 12.2. The van der Waals surface area contributed by atoms with Gasteiger partial charge in [0.1, 0.15) is 17.8 Å². The molecule has 2 aliphatic rings. The third-order valence-electron chi connectivity index (χ3n) is 5.94. The Morgan fingerprint density at radius 3 is 2.59 bits per heavy atom. The molecule has 0 bridgehead atoms. The Morgan fingerprint density at radius 1 is 1.07 bits per heavy atom. The lowest BCUT2D eigenvalue weighted by atomic mass is 9.98. The number of nitrogens with one attached hydrogen (secondary N) is 1. The molecule has 2 heterocycles. The Hall–Kier alpha value is -2.86. The van der Waals surface area contributed by atoms with E-state index in [4.69, 9.17) is 0 Å². The molecule has 152 valence electrons. The number of aryl methyl sites for hydroxylation is 2. The third kappa shape index (κ3) is 4.12. The van der Waals surface area contributed by atoms with Gasteiger partial charge in [-0.3, -0.25) is 14.5 Å². The van der Waals surface area contributed by atoms with Crippen LogP contribution in [0.25, 0.3) is 0 Å². The van der Waals surface area contributed by atoms with Gasteiger partial charge in [0.25, 0.3) is 0 Å². The highest BCUT2D eigenvalue weighted by atomic mass is 16.3. The first-order chi connectivity index (χ1) is 13.9. The predicted octanol–water partition coefficient (Wildman–Crippen LogP) is 1.76. The topological polar surface area (TPSA) is 72.9 Å². The Kier molecular flexibility index (Phi) is 5.28. The van der Waals surface area contributed by atoms with Crippen LogP contribution in [0.15, 0.2) is 42.5 Å². The largest absolute Gasteiger partial charge is 0.508 e. The van der Waals surface area contributed by atoms with Crippen LogP contribution in [0.4, 0.5) is 0 Å². The van der Waals surface area contributed by atoms with Gasteiger partial charge in [-0.05, 0) is 42.7 Å². The SMILES string of the molecule is Cc1ccc(C)c(CN2CCN3C(=O)[C@H](Cc4ccc(O)cc4)NC(=O)[C@H]3C2)c1. The van der Waals surface area contributed by atoms with Gasteiger partial charge in [-0.25, -0.2) is 0 Å². The predicted molar refractivity (Wildman–Crippen MR) is 110 cm³/mol. The van der Waals surface area contributed by atoms with E-state index >= 15 is 0 Å². The first-order valence-electron chi connectivity index (χ1n) is 10.1. The van der Waals surface area contributed by atoms with Gasteiger partial charge in [-0.2, -0.15) is 0 Å². The minimum atomic E-state index is -0.547. The Morgan fingerprint density at radius 2 is 1.83 bits per heavy atom. The van der Waals surface area contributed by atoms with E-state index in [0.29, 0.717) is 19.5 Å². The molecule has 6 heteroatoms. The summed E-state index contributed by atoms with van der Waals surface area (Å²) in [7, 11) is 0. The number of piperazine rings is 2. The van der Waals surface area contributed by atoms with Gasteiger partial charge < -0.3 is 15.3 Å². The van der Waals surface area contributed by atoms with Crippen molar-refractivity contribution < 1.29 is 14.7 Å². The van der Waals surface area contributed by atoms with Crippen LogP contribution < -0.4 is 5.32 Å². The fourth-order valence-electron chi connectivity index (χ4n) is 4.22. The van der Waals surface area contributed by atoms with Crippen molar-refractivity contribution in [3.63, 3.8) is 0 Å². The summed E-state index contributed by atoms with van der Waals surface area (Å²) in [5.74, 6) is 0.0842. The van der Waals surface area contributed by atoms with Crippen molar-refractivity contribution in [2.45, 2.75) is 38.9 Å². The lowest BCUT2D eigenvalue weighted by molar-refractivity contribution is -0.153. The maximum Gasteiger partial charge on any atom is 0.246 e. The van der Waals surface area contributed by atoms with E-state index in [-0.39, 0.29) is 17.6 Å². The van der Waals surface area contributed by atoms with Gasteiger partial charge in [-0.15, -0.1) is 0 Å². The van der Waals surface area contributed by atoms with E-state index < -0.39 is 12.1 Å². The zero-order valence-corrected chi connectivity index (χ0v) is 16.9. The minimum Gasteiger partial charge on any atom is -0.508 e. The molecule has 2 saturated heterocycles. The number of hydrogen-bond donors (Lipinski definition) is 2. The average Bonchev–Trinajstić information content (AvgIpc) is 2.70. The monoisotopic (exact) mass is 393 g/mol. The van der Waals surface area contributed by atoms with Crippen molar-refractivity contribution in [3.8, 4) is 5.75 Å². The van der Waals surface area contributed by atoms with Crippen LogP contribution in [-0.2, 0) is 22.6 Å². The molecule has 2 amide bonds. The zero-order chi connectivity index (χ0) is 20.5. The Bertz CT molecular complexity index is 925. The number of hydrogen-bond acceptors (Lipinski definition) is 4. The second-order valence-corrected chi connectivity index (χ2v) is 8.14. The van der Waals surface area contributed by atoms with E-state index in [9.17, 15) is 14.7 Å². The Labute approximate surface area is 171 Å². The van der Waals surface area contributed by atoms with Crippen LogP contribution in [-0.4, -0.2) is 58.4 Å². The molecule has 0 saturated carbocycles. The van der Waals surface area contributed by atoms with Crippen molar-refractivity contribution in [2.75, 3.05) is 19.6 Å². The highest BCUT2D eigenvalue weighted by Gasteiger charge is 2.43. The molecule has 2 fully saturated rings. The molecule has 6 nitrogen and oxygen atoms in total. The summed E-state index contributed by atoms with van der Waals surface area (Å²) >= 11 is 0. The van der Waals surface area contributed by atoms with Crippen molar-refractivity contribution >= 4 is 11.8 Å². The van der Waals surface area contributed by atoms with Gasteiger partial charge in [0.05, 0.1) is 0 Å². The summed E-state index contributed by atoms with van der Waals surface area (Å²) in [6.45, 7) is 6.86. The van der Waals surface area contributed by atoms with Crippen molar-refractivity contribution in [1.29, 1.82) is 0 Å². The fourth-order valence-corrected chi connectivity index (χ4v) is 4.22. The molecule has 2 N–H and O–H groups in total. The number of fused-ring (bicyclic) bond motifs is 1. The second-order valence-electron chi connectivity index (χ2n) is 8.14. The van der Waals surface area contributed by atoms with Crippen molar-refractivity contribution in [1.82, 2.24) is 15.1 Å². The molecule has 2 aromatic rings. The number of nitrogens with zero attached hydrogens (tertiary/aromatic N) is 2. The number of aromatic hydroxyl groups is 1. The molecule has 2 atom stereocenters. The van der Waals surface area contributed by atoms with Gasteiger partial charge in [0.2, 0.25) is 11.8 Å². The van der Waals surface area contributed by atoms with Crippen LogP contribution in [0.1, 0.15) is 22.3 Å². The highest BCUT2D eigenvalue weighted by molar-refractivity contribution is 5.97. The summed E-state index contributed by atoms with van der Waals surface area (Å²) in [5, 5.41) is 12.3. The molecule has 0 spiro atoms. The van der Waals surface area contributed by atoms with Gasteiger partial charge in [-0.1, -0.05) is 35.9 Å². The van der Waals surface area contributed by atoms with Gasteiger partial charge in [0.15, 0.2) is 0 Å². The number of carbonyl (C=O) groups is 2. The zero-order valence-electron chi connectivity index (χ0n) is 16.9. The maximum absolute atomic E-state index is 13.0. The fraction of sp³-hybridized carbons (Fsp3) is 0.391. The van der Waals surface area contributed by atoms with Crippen LogP contribution in [0.5, 0.6) is 5.75 Å². The molecule has 0 aliphatic carbocycles. The first-order valence-corrected chi connectivity index (χ1v) is 10.1. The van der Waals surface area contributed by atoms with E-state index in [2.05, 4.69) is 42.3 Å². The van der Waals surface area contributed by atoms with Crippen LogP contribution in [0, 0.1) is 13.8 Å². The molecule has 2 aromatic carbocycles. The smallest absolute Gasteiger partial charge is 0.246 e. The lowest BCUT2D eigenvalue weighted by Gasteiger charge is -2.45. The molecule has 2 aliphatic heterocycles. The molecular formula is C23H27N3O3. The summed E-state index contributed by atoms with van der Waals surface area (Å²) in [6.07, 6.45) is 0.431. The quantitative estimate of drug-likeness (QED) is 0.830. The summed E-state index contributed by atoms with van der Waals surface area (Å²) in [5.41, 5.74) is 4.66. The van der Waals surface area contributed by atoms with Gasteiger partial charge >= 0.3 is 0 Å². The van der Waals surface area contributed by atoms with Crippen molar-refractivity contribution in [3.05, 3.63) is 64.7 Å². The standard InChI is InChI=1S/C23H27N3O3/c1-15-3-4-16(2)18(11-15)13-25-9-10-26-21(14-25)22(28)24-20(23(26)29)12-17-5-7-19(27)8-6-17/h3-8,11,20-21,27H,9-10,12-14H2,1-2H3,(H,24,28)/t20-,21+/m0/s1. The number of amides is 2. The van der Waals surface area contributed by atoms with Crippen LogP contribution in [0.3, 0.4) is 0 Å². The number of benzene rings is 2. The molecular weight excluding hydrogens is 366 g/mol. The van der Waals surface area contributed by atoms with Crippen molar-refractivity contribution in [2.24, 2.45) is 0 Å². The lowest BCUT2D eigenvalue weighted by Crippen LogP contribution is -2.69.